The normalized spacial score (nSPS) is 16.7. The largest absolute Gasteiger partial charge is 0.491 e. The van der Waals surface area contributed by atoms with Crippen molar-refractivity contribution in [2.24, 2.45) is 5.92 Å². The van der Waals surface area contributed by atoms with Crippen LogP contribution in [0.5, 0.6) is 5.75 Å². The van der Waals surface area contributed by atoms with Crippen molar-refractivity contribution in [2.75, 3.05) is 38.6 Å². The summed E-state index contributed by atoms with van der Waals surface area (Å²) in [6.07, 6.45) is 2.46. The molecule has 2 rings (SSSR count). The fourth-order valence-electron chi connectivity index (χ4n) is 3.46. The summed E-state index contributed by atoms with van der Waals surface area (Å²) in [6, 6.07) is 5.66. The third-order valence-corrected chi connectivity index (χ3v) is 4.88. The lowest BCUT2D eigenvalue weighted by Gasteiger charge is -2.35. The number of carbonyl (C=O) groups excluding carboxylic acids is 2. The van der Waals surface area contributed by atoms with Gasteiger partial charge in [0.1, 0.15) is 11.4 Å². The van der Waals surface area contributed by atoms with Crippen LogP contribution in [0.15, 0.2) is 18.2 Å². The summed E-state index contributed by atoms with van der Waals surface area (Å²) in [7, 11) is 1.75. The number of anilines is 1. The Balaban J connectivity index is 1.95. The molecule has 1 fully saturated rings. The zero-order valence-corrected chi connectivity index (χ0v) is 19.3. The topological polar surface area (TPSA) is 71.1 Å². The third-order valence-electron chi connectivity index (χ3n) is 4.88. The summed E-state index contributed by atoms with van der Waals surface area (Å²) in [5.41, 5.74) is 1.25. The van der Waals surface area contributed by atoms with Gasteiger partial charge in [-0.25, -0.2) is 9.59 Å². The molecule has 30 heavy (non-hydrogen) atoms. The second-order valence-electron chi connectivity index (χ2n) is 9.09. The third kappa shape index (κ3) is 7.43. The Morgan fingerprint density at radius 2 is 2.03 bits per heavy atom. The molecule has 1 aliphatic heterocycles. The molecule has 1 aliphatic rings. The van der Waals surface area contributed by atoms with Crippen molar-refractivity contribution in [1.29, 1.82) is 0 Å². The van der Waals surface area contributed by atoms with Crippen molar-refractivity contribution in [3.63, 3.8) is 0 Å². The van der Waals surface area contributed by atoms with Crippen LogP contribution in [-0.2, 0) is 4.74 Å². The van der Waals surface area contributed by atoms with Crippen LogP contribution < -0.4 is 10.1 Å². The predicted molar refractivity (Wildman–Crippen MR) is 119 cm³/mol. The first-order valence-electron chi connectivity index (χ1n) is 10.8. The lowest BCUT2D eigenvalue weighted by atomic mass is 9.98. The molecule has 0 radical (unpaired) electrons. The first-order valence-corrected chi connectivity index (χ1v) is 10.8. The average Bonchev–Trinajstić information content (AvgIpc) is 2.67. The van der Waals surface area contributed by atoms with E-state index in [0.29, 0.717) is 37.7 Å². The van der Waals surface area contributed by atoms with Crippen molar-refractivity contribution < 1.29 is 19.1 Å². The minimum absolute atomic E-state index is 0.134. The first kappa shape index (κ1) is 23.8. The Morgan fingerprint density at radius 1 is 1.30 bits per heavy atom. The number of carbonyl (C=O) groups is 2. The van der Waals surface area contributed by atoms with Gasteiger partial charge in [-0.1, -0.05) is 13.0 Å². The van der Waals surface area contributed by atoms with Crippen molar-refractivity contribution >= 4 is 17.8 Å². The molecule has 0 spiro atoms. The maximum atomic E-state index is 12.9. The molecule has 0 aromatic heterocycles. The number of amides is 3. The van der Waals surface area contributed by atoms with E-state index in [2.05, 4.69) is 12.2 Å². The summed E-state index contributed by atoms with van der Waals surface area (Å²) in [4.78, 5) is 28.5. The van der Waals surface area contributed by atoms with E-state index < -0.39 is 5.60 Å². The molecule has 3 amide bonds. The standard InChI is InChI=1S/C23H37N3O4/c1-7-13-29-20-14-17(2)10-11-19(20)24-21(27)26-12-8-9-18(16-26)15-25(6)22(28)30-23(3,4)5/h10-11,14,18H,7-9,12-13,15-16H2,1-6H3,(H,24,27). The molecule has 0 aliphatic carbocycles. The highest BCUT2D eigenvalue weighted by Gasteiger charge is 2.27. The highest BCUT2D eigenvalue weighted by Crippen LogP contribution is 2.27. The first-order chi connectivity index (χ1) is 14.1. The minimum atomic E-state index is -0.518. The maximum Gasteiger partial charge on any atom is 0.410 e. The van der Waals surface area contributed by atoms with Crippen LogP contribution in [0.2, 0.25) is 0 Å². The molecule has 7 nitrogen and oxygen atoms in total. The number of likely N-dealkylation sites (tertiary alicyclic amines) is 1. The summed E-state index contributed by atoms with van der Waals surface area (Å²) in [6.45, 7) is 12.1. The fraction of sp³-hybridized carbons (Fsp3) is 0.652. The van der Waals surface area contributed by atoms with Gasteiger partial charge in [-0.2, -0.15) is 0 Å². The van der Waals surface area contributed by atoms with Gasteiger partial charge in [0, 0.05) is 26.7 Å². The van der Waals surface area contributed by atoms with E-state index in [4.69, 9.17) is 9.47 Å². The van der Waals surface area contributed by atoms with Crippen LogP contribution in [0.25, 0.3) is 0 Å². The van der Waals surface area contributed by atoms with E-state index in [1.54, 1.807) is 11.9 Å². The van der Waals surface area contributed by atoms with Crippen molar-refractivity contribution in [2.45, 2.75) is 59.5 Å². The van der Waals surface area contributed by atoms with Gasteiger partial charge < -0.3 is 24.6 Å². The monoisotopic (exact) mass is 419 g/mol. The average molecular weight is 420 g/mol. The Hall–Kier alpha value is -2.44. The van der Waals surface area contributed by atoms with Gasteiger partial charge >= 0.3 is 12.1 Å². The van der Waals surface area contributed by atoms with Crippen molar-refractivity contribution in [1.82, 2.24) is 9.80 Å². The molecule has 1 atom stereocenters. The summed E-state index contributed by atoms with van der Waals surface area (Å²) in [5, 5.41) is 3.00. The van der Waals surface area contributed by atoms with E-state index in [-0.39, 0.29) is 18.0 Å². The zero-order chi connectivity index (χ0) is 22.3. The van der Waals surface area contributed by atoms with Crippen LogP contribution in [0.1, 0.15) is 52.5 Å². The molecular formula is C23H37N3O4. The molecule has 1 N–H and O–H groups in total. The van der Waals surface area contributed by atoms with Gasteiger partial charge in [0.15, 0.2) is 0 Å². The van der Waals surface area contributed by atoms with Crippen LogP contribution in [0.3, 0.4) is 0 Å². The Morgan fingerprint density at radius 3 is 2.70 bits per heavy atom. The number of nitrogens with one attached hydrogen (secondary N) is 1. The number of aryl methyl sites for hydroxylation is 1. The number of hydrogen-bond acceptors (Lipinski definition) is 4. The lowest BCUT2D eigenvalue weighted by molar-refractivity contribution is 0.0253. The fourth-order valence-corrected chi connectivity index (χ4v) is 3.46. The highest BCUT2D eigenvalue weighted by atomic mass is 16.6. The molecule has 1 saturated heterocycles. The minimum Gasteiger partial charge on any atom is -0.491 e. The van der Waals surface area contributed by atoms with Gasteiger partial charge in [0.25, 0.3) is 0 Å². The van der Waals surface area contributed by atoms with Crippen molar-refractivity contribution in [3.8, 4) is 5.75 Å². The molecule has 1 aromatic carbocycles. The molecule has 1 heterocycles. The number of hydrogen-bond donors (Lipinski definition) is 1. The lowest BCUT2D eigenvalue weighted by Crippen LogP contribution is -2.46. The van der Waals surface area contributed by atoms with E-state index >= 15 is 0 Å². The SMILES string of the molecule is CCCOc1cc(C)ccc1NC(=O)N1CCCC(CN(C)C(=O)OC(C)(C)C)C1. The zero-order valence-electron chi connectivity index (χ0n) is 19.3. The molecule has 168 valence electrons. The number of urea groups is 1. The Kier molecular flexibility index (Phi) is 8.38. The number of rotatable bonds is 6. The molecular weight excluding hydrogens is 382 g/mol. The van der Waals surface area contributed by atoms with Gasteiger partial charge in [-0.15, -0.1) is 0 Å². The molecule has 0 saturated carbocycles. The van der Waals surface area contributed by atoms with Crippen LogP contribution in [-0.4, -0.2) is 60.8 Å². The van der Waals surface area contributed by atoms with E-state index in [1.807, 2.05) is 50.8 Å². The molecule has 0 bridgehead atoms. The Labute approximate surface area is 180 Å². The number of nitrogens with zero attached hydrogens (tertiary/aromatic N) is 2. The quantitative estimate of drug-likeness (QED) is 0.712. The highest BCUT2D eigenvalue weighted by molar-refractivity contribution is 5.91. The molecule has 7 heteroatoms. The van der Waals surface area contributed by atoms with Gasteiger partial charge in [-0.3, -0.25) is 0 Å². The summed E-state index contributed by atoms with van der Waals surface area (Å²) in [5.74, 6) is 0.916. The van der Waals surface area contributed by atoms with Crippen LogP contribution >= 0.6 is 0 Å². The Bertz CT molecular complexity index is 730. The van der Waals surface area contributed by atoms with E-state index in [9.17, 15) is 9.59 Å². The maximum absolute atomic E-state index is 12.9. The van der Waals surface area contributed by atoms with E-state index in [0.717, 1.165) is 24.8 Å². The summed E-state index contributed by atoms with van der Waals surface area (Å²) < 4.78 is 11.2. The van der Waals surface area contributed by atoms with Gasteiger partial charge in [-0.05, 0) is 70.6 Å². The van der Waals surface area contributed by atoms with Crippen molar-refractivity contribution in [3.05, 3.63) is 23.8 Å². The number of benzene rings is 1. The van der Waals surface area contributed by atoms with E-state index in [1.165, 1.54) is 0 Å². The second-order valence-corrected chi connectivity index (χ2v) is 9.09. The number of piperidine rings is 1. The van der Waals surface area contributed by atoms with Crippen LogP contribution in [0, 0.1) is 12.8 Å². The molecule has 1 unspecified atom stereocenters. The summed E-state index contributed by atoms with van der Waals surface area (Å²) >= 11 is 0. The molecule has 1 aromatic rings. The second kappa shape index (κ2) is 10.5. The predicted octanol–water partition coefficient (Wildman–Crippen LogP) is 4.89. The van der Waals surface area contributed by atoms with Gasteiger partial charge in [0.2, 0.25) is 0 Å². The van der Waals surface area contributed by atoms with Gasteiger partial charge in [0.05, 0.1) is 12.3 Å². The smallest absolute Gasteiger partial charge is 0.410 e. The number of ether oxygens (including phenoxy) is 2. The van der Waals surface area contributed by atoms with Crippen LogP contribution in [0.4, 0.5) is 15.3 Å².